The number of halogens is 2. The summed E-state index contributed by atoms with van der Waals surface area (Å²) in [6.45, 7) is 2.69. The molecule has 178 valence electrons. The second kappa shape index (κ2) is 14.7. The number of fused-ring (bicyclic) bond motifs is 6. The molecule has 1 N–H and O–H groups in total. The first kappa shape index (κ1) is 29.5. The van der Waals surface area contributed by atoms with Crippen LogP contribution in [0, 0.1) is 0 Å². The van der Waals surface area contributed by atoms with Crippen molar-refractivity contribution in [1.82, 2.24) is 0 Å². The minimum atomic E-state index is 0. The van der Waals surface area contributed by atoms with Crippen molar-refractivity contribution >= 4 is 48.5 Å². The topological polar surface area (TPSA) is 20.2 Å². The average Bonchev–Trinajstić information content (AvgIpc) is 3.42. The van der Waals surface area contributed by atoms with Crippen molar-refractivity contribution in [3.8, 4) is 0 Å². The summed E-state index contributed by atoms with van der Waals surface area (Å²) in [5.41, 5.74) is 0.0327. The third-order valence-corrected chi connectivity index (χ3v) is 8.70. The summed E-state index contributed by atoms with van der Waals surface area (Å²) in [7, 11) is 0. The van der Waals surface area contributed by atoms with Gasteiger partial charge in [-0.3, -0.25) is 0 Å². The van der Waals surface area contributed by atoms with E-state index in [0.717, 1.165) is 6.42 Å². The second-order valence-electron chi connectivity index (χ2n) is 8.25. The Morgan fingerprint density at radius 3 is 1.11 bits per heavy atom. The van der Waals surface area contributed by atoms with Gasteiger partial charge in [-0.25, -0.2) is 0 Å². The van der Waals surface area contributed by atoms with Gasteiger partial charge < -0.3 is 24.8 Å². The molecule has 0 radical (unpaired) electrons. The predicted molar refractivity (Wildman–Crippen MR) is 142 cm³/mol. The first-order valence-corrected chi connectivity index (χ1v) is 17.3. The van der Waals surface area contributed by atoms with Crippen LogP contribution in [0.1, 0.15) is 6.42 Å². The number of benzene rings is 4. The van der Waals surface area contributed by atoms with Crippen LogP contribution in [0.3, 0.4) is 0 Å². The van der Waals surface area contributed by atoms with Crippen molar-refractivity contribution in [3.63, 3.8) is 0 Å². The van der Waals surface area contributed by atoms with E-state index >= 15 is 0 Å². The number of aliphatic hydroxyl groups is 1. The van der Waals surface area contributed by atoms with E-state index in [2.05, 4.69) is 116 Å². The Balaban J connectivity index is 0.000000189. The van der Waals surface area contributed by atoms with Crippen LogP contribution < -0.4 is 24.8 Å². The molecule has 0 fully saturated rings. The van der Waals surface area contributed by atoms with Gasteiger partial charge >= 0.3 is 59.5 Å². The molecule has 0 saturated carbocycles. The summed E-state index contributed by atoms with van der Waals surface area (Å²) in [5.74, 6) is 0. The van der Waals surface area contributed by atoms with Gasteiger partial charge in [0.2, 0.25) is 0 Å². The Morgan fingerprint density at radius 2 is 0.886 bits per heavy atom. The van der Waals surface area contributed by atoms with Gasteiger partial charge in [-0.2, -0.15) is 0 Å². The molecule has 0 aliphatic rings. The van der Waals surface area contributed by atoms with E-state index in [9.17, 15) is 0 Å². The van der Waals surface area contributed by atoms with Crippen molar-refractivity contribution in [1.29, 1.82) is 0 Å². The molecule has 0 bridgehead atoms. The van der Waals surface area contributed by atoms with E-state index < -0.39 is 0 Å². The van der Waals surface area contributed by atoms with Gasteiger partial charge in [0.05, 0.1) is 0 Å². The molecule has 0 unspecified atom stereocenters. The molecule has 1 nitrogen and oxygen atoms in total. The quantitative estimate of drug-likeness (QED) is 0.246. The molecular formula is C30H28Cl2OSiZr-2. The molecule has 5 heteroatoms. The van der Waals surface area contributed by atoms with Gasteiger partial charge in [0, 0.05) is 0 Å². The van der Waals surface area contributed by atoms with Gasteiger partial charge in [0.25, 0.3) is 0 Å². The minimum Gasteiger partial charge on any atom is -1.00 e. The first-order valence-electron chi connectivity index (χ1n) is 11.4. The molecular weight excluding hydrogens is 567 g/mol. The SMILES string of the molecule is C[Si](=[Zr+2])CCCO.[Cl-].[Cl-].c1ccc2c(c1)[cH-]c1ccccc12.c1ccc2c(c1)[cH-]c1ccccc12. The van der Waals surface area contributed by atoms with Crippen molar-refractivity contribution in [3.05, 3.63) is 109 Å². The first-order chi connectivity index (χ1) is 16.2. The zero-order valence-electron chi connectivity index (χ0n) is 19.7. The molecule has 0 aliphatic heterocycles. The fourth-order valence-electron chi connectivity index (χ4n) is 4.15. The molecule has 0 heterocycles. The van der Waals surface area contributed by atoms with E-state index in [1.165, 1.54) is 49.1 Å². The summed E-state index contributed by atoms with van der Waals surface area (Å²) in [6.07, 6.45) is 1.02. The number of hydrogen-bond donors (Lipinski definition) is 1. The van der Waals surface area contributed by atoms with Crippen LogP contribution >= 0.6 is 0 Å². The molecule has 6 aromatic carbocycles. The summed E-state index contributed by atoms with van der Waals surface area (Å²) in [4.78, 5) is 0. The number of aliphatic hydroxyl groups excluding tert-OH is 1. The molecule has 6 aromatic rings. The Morgan fingerprint density at radius 1 is 0.600 bits per heavy atom. The maximum atomic E-state index is 8.34. The van der Waals surface area contributed by atoms with Gasteiger partial charge in [-0.05, 0) is 0 Å². The van der Waals surface area contributed by atoms with Crippen LogP contribution in [-0.2, 0) is 23.3 Å². The van der Waals surface area contributed by atoms with Crippen molar-refractivity contribution < 1.29 is 53.3 Å². The van der Waals surface area contributed by atoms with Crippen LogP contribution in [0.5, 0.6) is 0 Å². The van der Waals surface area contributed by atoms with Gasteiger partial charge in [0.1, 0.15) is 0 Å². The monoisotopic (exact) mass is 592 g/mol. The van der Waals surface area contributed by atoms with E-state index in [-0.39, 0.29) is 30.2 Å². The molecule has 0 amide bonds. The van der Waals surface area contributed by atoms with Crippen molar-refractivity contribution in [2.45, 2.75) is 19.0 Å². The van der Waals surface area contributed by atoms with E-state index in [1.54, 1.807) is 23.3 Å². The standard InChI is InChI=1S/2C13H9.C4H10OSi.2ClH.Zr/c2*1-3-7-12-10(5-1)9-11-6-2-4-8-13(11)12;1-6-4-2-3-5;;;/h2*1-9H;5H,2-4H2,1H3;2*1H;/q2*-1;;;;+2/p-2. The molecule has 0 spiro atoms. The van der Waals surface area contributed by atoms with E-state index in [0.29, 0.717) is 6.61 Å². The summed E-state index contributed by atoms with van der Waals surface area (Å²) in [6, 6.07) is 39.8. The second-order valence-corrected chi connectivity index (χ2v) is 16.6. The fraction of sp³-hybridized carbons (Fsp3) is 0.133. The van der Waals surface area contributed by atoms with E-state index in [1.807, 2.05) is 0 Å². The molecule has 0 aromatic heterocycles. The van der Waals surface area contributed by atoms with E-state index in [4.69, 9.17) is 5.11 Å². The van der Waals surface area contributed by atoms with Gasteiger partial charge in [-0.15, -0.1) is 79.5 Å². The van der Waals surface area contributed by atoms with Gasteiger partial charge in [0.15, 0.2) is 0 Å². The Labute approximate surface area is 235 Å². The third kappa shape index (κ3) is 7.62. The largest absolute Gasteiger partial charge is 1.00 e. The minimum absolute atomic E-state index is 0. The van der Waals surface area contributed by atoms with Crippen LogP contribution in [-0.4, -0.2) is 17.1 Å². The smallest absolute Gasteiger partial charge is 0.0771 e. The van der Waals surface area contributed by atoms with Crippen LogP contribution in [0.15, 0.2) is 109 Å². The molecule has 0 saturated heterocycles. The zero-order valence-corrected chi connectivity index (χ0v) is 24.7. The number of hydrogen-bond acceptors (Lipinski definition) is 1. The number of rotatable bonds is 3. The van der Waals surface area contributed by atoms with Crippen LogP contribution in [0.2, 0.25) is 12.6 Å². The third-order valence-electron chi connectivity index (χ3n) is 5.76. The average molecular weight is 595 g/mol. The Hall–Kier alpha value is -1.74. The molecule has 0 atom stereocenters. The van der Waals surface area contributed by atoms with Crippen molar-refractivity contribution in [2.24, 2.45) is 0 Å². The Kier molecular flexibility index (Phi) is 12.4. The summed E-state index contributed by atoms with van der Waals surface area (Å²) >= 11 is 1.69. The van der Waals surface area contributed by atoms with Gasteiger partial charge in [-0.1, -0.05) is 72.8 Å². The normalized spacial score (nSPS) is 10.1. The maximum Gasteiger partial charge on any atom is -0.0771 e. The predicted octanol–water partition coefficient (Wildman–Crippen LogP) is 1.97. The van der Waals surface area contributed by atoms with Crippen LogP contribution in [0.25, 0.3) is 43.1 Å². The molecule has 35 heavy (non-hydrogen) atoms. The molecule has 6 rings (SSSR count). The summed E-state index contributed by atoms with van der Waals surface area (Å²) in [5, 5.41) is 19.1. The fourth-order valence-corrected chi connectivity index (χ4v) is 6.14. The summed E-state index contributed by atoms with van der Waals surface area (Å²) < 4.78 is 0. The maximum absolute atomic E-state index is 8.34. The zero-order chi connectivity index (χ0) is 23.0. The molecule has 0 aliphatic carbocycles. The van der Waals surface area contributed by atoms with Crippen LogP contribution in [0.4, 0.5) is 0 Å². The Bertz CT molecular complexity index is 1300. The van der Waals surface area contributed by atoms with Crippen molar-refractivity contribution in [2.75, 3.05) is 6.61 Å².